The first-order chi connectivity index (χ1) is 16.6. The molecule has 0 unspecified atom stereocenters. The van der Waals surface area contributed by atoms with Crippen molar-refractivity contribution in [2.24, 2.45) is 5.41 Å². The lowest BCUT2D eigenvalue weighted by atomic mass is 9.69. The third-order valence-corrected chi connectivity index (χ3v) is 7.04. The van der Waals surface area contributed by atoms with Crippen LogP contribution in [-0.2, 0) is 0 Å². The van der Waals surface area contributed by atoms with E-state index in [0.29, 0.717) is 21.9 Å². The first-order valence-corrected chi connectivity index (χ1v) is 11.2. The Morgan fingerprint density at radius 2 is 1.68 bits per heavy atom. The Labute approximate surface area is 203 Å². The molecule has 0 saturated carbocycles. The first kappa shape index (κ1) is 21.8. The lowest BCUT2D eigenvalue weighted by Gasteiger charge is -2.35. The average Bonchev–Trinajstić information content (AvgIpc) is 3.19. The number of nitriles is 2. The van der Waals surface area contributed by atoms with Gasteiger partial charge < -0.3 is 9.64 Å². The van der Waals surface area contributed by atoms with E-state index in [-0.39, 0.29) is 5.78 Å². The summed E-state index contributed by atoms with van der Waals surface area (Å²) in [6.07, 6.45) is 3.79. The van der Waals surface area contributed by atoms with Crippen LogP contribution in [0.1, 0.15) is 27.4 Å². The Bertz CT molecular complexity index is 1370. The molecule has 1 fully saturated rings. The zero-order valence-electron chi connectivity index (χ0n) is 18.4. The third-order valence-electron chi connectivity index (χ3n) is 6.79. The number of benzene rings is 3. The highest BCUT2D eigenvalue weighted by molar-refractivity contribution is 6.30. The summed E-state index contributed by atoms with van der Waals surface area (Å²) in [4.78, 5) is 16.1. The Hall–Kier alpha value is -4.06. The minimum Gasteiger partial charge on any atom is -0.496 e. The van der Waals surface area contributed by atoms with Crippen LogP contribution in [0.4, 0.5) is 5.69 Å². The molecule has 5 rings (SSSR count). The van der Waals surface area contributed by atoms with E-state index in [2.05, 4.69) is 12.1 Å². The summed E-state index contributed by atoms with van der Waals surface area (Å²) in [6.45, 7) is 0. The van der Waals surface area contributed by atoms with Gasteiger partial charge in [0.25, 0.3) is 0 Å². The van der Waals surface area contributed by atoms with E-state index < -0.39 is 23.4 Å². The predicted molar refractivity (Wildman–Crippen MR) is 131 cm³/mol. The molecule has 3 atom stereocenters. The first-order valence-electron chi connectivity index (χ1n) is 10.9. The van der Waals surface area contributed by atoms with E-state index in [0.717, 1.165) is 11.3 Å². The standard InChI is InChI=1S/C28H20ClN3O2/c1-34-23-9-5-3-7-21(23)25-26(27(33)19-10-13-20(29)14-11-19)32-22-8-4-2-6-18(22)12-15-24(32)28(25,16-30)17-31/h2-15,24-26H,1H3/t24-,25+,26-/m0/s1. The smallest absolute Gasteiger partial charge is 0.185 e. The molecule has 166 valence electrons. The van der Waals surface area contributed by atoms with Crippen LogP contribution in [0.3, 0.4) is 0 Å². The van der Waals surface area contributed by atoms with Gasteiger partial charge in [-0.1, -0.05) is 60.2 Å². The Morgan fingerprint density at radius 1 is 1.00 bits per heavy atom. The number of para-hydroxylation sites is 2. The number of hydrogen-bond donors (Lipinski definition) is 0. The van der Waals surface area contributed by atoms with E-state index in [9.17, 15) is 15.3 Å². The van der Waals surface area contributed by atoms with Gasteiger partial charge in [0.05, 0.1) is 25.3 Å². The number of rotatable bonds is 4. The molecule has 2 heterocycles. The molecule has 3 aromatic carbocycles. The molecule has 0 aromatic heterocycles. The van der Waals surface area contributed by atoms with Gasteiger partial charge in [0.2, 0.25) is 0 Å². The fourth-order valence-corrected chi connectivity index (χ4v) is 5.41. The number of hydrogen-bond acceptors (Lipinski definition) is 5. The van der Waals surface area contributed by atoms with Crippen LogP contribution >= 0.6 is 11.6 Å². The van der Waals surface area contributed by atoms with Crippen molar-refractivity contribution in [3.05, 3.63) is 101 Å². The molecule has 0 aliphatic carbocycles. The van der Waals surface area contributed by atoms with Gasteiger partial charge in [-0.15, -0.1) is 0 Å². The number of nitrogens with zero attached hydrogens (tertiary/aromatic N) is 3. The average molecular weight is 466 g/mol. The van der Waals surface area contributed by atoms with Crippen molar-refractivity contribution < 1.29 is 9.53 Å². The van der Waals surface area contributed by atoms with Gasteiger partial charge in [-0.05, 0) is 42.0 Å². The summed E-state index contributed by atoms with van der Waals surface area (Å²) in [5.41, 5.74) is 1.34. The topological polar surface area (TPSA) is 77.1 Å². The maximum atomic E-state index is 14.2. The molecular weight excluding hydrogens is 446 g/mol. The summed E-state index contributed by atoms with van der Waals surface area (Å²) < 4.78 is 5.63. The van der Waals surface area contributed by atoms with Gasteiger partial charge in [-0.2, -0.15) is 10.5 Å². The number of anilines is 1. The number of fused-ring (bicyclic) bond motifs is 3. The lowest BCUT2D eigenvalue weighted by molar-refractivity contribution is 0.0950. The van der Waals surface area contributed by atoms with Gasteiger partial charge in [0.1, 0.15) is 11.8 Å². The highest BCUT2D eigenvalue weighted by Gasteiger charge is 2.63. The fourth-order valence-electron chi connectivity index (χ4n) is 5.29. The van der Waals surface area contributed by atoms with Crippen LogP contribution in [0, 0.1) is 28.1 Å². The second-order valence-electron chi connectivity index (χ2n) is 8.40. The second-order valence-corrected chi connectivity index (χ2v) is 8.83. The van der Waals surface area contributed by atoms with Crippen LogP contribution in [0.2, 0.25) is 5.02 Å². The highest BCUT2D eigenvalue weighted by atomic mass is 35.5. The molecule has 0 radical (unpaired) electrons. The van der Waals surface area contributed by atoms with Gasteiger partial charge in [-0.3, -0.25) is 4.79 Å². The normalized spacial score (nSPS) is 21.6. The zero-order chi connectivity index (χ0) is 23.9. The van der Waals surface area contributed by atoms with Crippen LogP contribution in [0.5, 0.6) is 5.75 Å². The summed E-state index contributed by atoms with van der Waals surface area (Å²) in [7, 11) is 1.55. The van der Waals surface area contributed by atoms with Crippen molar-refractivity contribution in [1.29, 1.82) is 10.5 Å². The number of Topliss-reactive ketones (excluding diaryl/α,β-unsaturated/α-hetero) is 1. The summed E-state index contributed by atoms with van der Waals surface area (Å²) in [5, 5.41) is 21.5. The van der Waals surface area contributed by atoms with Gasteiger partial charge >= 0.3 is 0 Å². The molecule has 2 aliphatic heterocycles. The van der Waals surface area contributed by atoms with Crippen LogP contribution in [0.25, 0.3) is 6.08 Å². The van der Waals surface area contributed by atoms with Crippen LogP contribution in [0.15, 0.2) is 78.9 Å². The monoisotopic (exact) mass is 465 g/mol. The number of carbonyl (C=O) groups excluding carboxylic acids is 1. The van der Waals surface area contributed by atoms with Crippen molar-refractivity contribution in [1.82, 2.24) is 0 Å². The minimum atomic E-state index is -1.52. The Morgan fingerprint density at radius 3 is 2.38 bits per heavy atom. The SMILES string of the molecule is COc1ccccc1[C@@H]1[C@@H](C(=O)c2ccc(Cl)cc2)N2c3ccccc3C=C[C@H]2C1(C#N)C#N. The van der Waals surface area contributed by atoms with E-state index in [1.165, 1.54) is 0 Å². The van der Waals surface area contributed by atoms with E-state index in [4.69, 9.17) is 16.3 Å². The van der Waals surface area contributed by atoms with Gasteiger partial charge in [0, 0.05) is 27.8 Å². The molecule has 0 amide bonds. The molecular formula is C28H20ClN3O2. The maximum absolute atomic E-state index is 14.2. The number of methoxy groups -OCH3 is 1. The van der Waals surface area contributed by atoms with Crippen molar-refractivity contribution >= 4 is 29.1 Å². The number of ether oxygens (including phenoxy) is 1. The Kier molecular flexibility index (Phi) is 5.36. The van der Waals surface area contributed by atoms with Crippen molar-refractivity contribution in [2.45, 2.75) is 18.0 Å². The minimum absolute atomic E-state index is 0.185. The maximum Gasteiger partial charge on any atom is 0.185 e. The fraction of sp³-hybridized carbons (Fsp3) is 0.179. The van der Waals surface area contributed by atoms with Crippen molar-refractivity contribution in [3.63, 3.8) is 0 Å². The van der Waals surface area contributed by atoms with Crippen molar-refractivity contribution in [2.75, 3.05) is 12.0 Å². The predicted octanol–water partition coefficient (Wildman–Crippen LogP) is 5.63. The summed E-state index contributed by atoms with van der Waals surface area (Å²) >= 11 is 6.07. The van der Waals surface area contributed by atoms with Gasteiger partial charge in [-0.25, -0.2) is 0 Å². The number of carbonyl (C=O) groups is 1. The molecule has 0 spiro atoms. The summed E-state index contributed by atoms with van der Waals surface area (Å²) in [6, 6.07) is 24.9. The molecule has 3 aromatic rings. The number of halogens is 1. The molecule has 1 saturated heterocycles. The molecule has 2 aliphatic rings. The van der Waals surface area contributed by atoms with Crippen LogP contribution in [-0.4, -0.2) is 25.0 Å². The third kappa shape index (κ3) is 3.10. The highest BCUT2D eigenvalue weighted by Crippen LogP contribution is 2.56. The van der Waals surface area contributed by atoms with Crippen LogP contribution < -0.4 is 9.64 Å². The molecule has 34 heavy (non-hydrogen) atoms. The molecule has 5 nitrogen and oxygen atoms in total. The van der Waals surface area contributed by atoms with E-state index in [1.807, 2.05) is 59.5 Å². The quantitative estimate of drug-likeness (QED) is 0.466. The Balaban J connectivity index is 1.81. The molecule has 6 heteroatoms. The van der Waals surface area contributed by atoms with E-state index in [1.54, 1.807) is 37.4 Å². The number of ketones is 1. The van der Waals surface area contributed by atoms with Gasteiger partial charge in [0.15, 0.2) is 11.2 Å². The zero-order valence-corrected chi connectivity index (χ0v) is 19.1. The van der Waals surface area contributed by atoms with Crippen molar-refractivity contribution in [3.8, 4) is 17.9 Å². The summed E-state index contributed by atoms with van der Waals surface area (Å²) in [5.74, 6) is -0.411. The molecule has 0 bridgehead atoms. The van der Waals surface area contributed by atoms with E-state index >= 15 is 0 Å². The lowest BCUT2D eigenvalue weighted by Crippen LogP contribution is -2.44. The second kappa shape index (κ2) is 8.37. The largest absolute Gasteiger partial charge is 0.496 e. The molecule has 0 N–H and O–H groups in total.